The number of hydrogen-bond acceptors (Lipinski definition) is 4. The molecule has 0 unspecified atom stereocenters. The van der Waals surface area contributed by atoms with Gasteiger partial charge >= 0.3 is 5.69 Å². The highest BCUT2D eigenvalue weighted by atomic mass is 16.2. The maximum absolute atomic E-state index is 13.0. The number of hydrogen-bond donors (Lipinski definition) is 1. The normalized spacial score (nSPS) is 11.6. The molecule has 0 aliphatic rings. The number of para-hydroxylation sites is 1. The summed E-state index contributed by atoms with van der Waals surface area (Å²) in [6, 6.07) is 16.2. The van der Waals surface area contributed by atoms with Crippen molar-refractivity contribution in [1.82, 2.24) is 23.8 Å². The van der Waals surface area contributed by atoms with E-state index in [0.29, 0.717) is 17.1 Å². The molecule has 178 valence electrons. The molecule has 2 aromatic carbocycles. The van der Waals surface area contributed by atoms with Crippen LogP contribution in [0.2, 0.25) is 0 Å². The molecule has 35 heavy (non-hydrogen) atoms. The molecular weight excluding hydrogens is 440 g/mol. The van der Waals surface area contributed by atoms with Crippen molar-refractivity contribution >= 4 is 22.8 Å². The number of nitrogens with zero attached hydrogens (tertiary/aromatic N) is 5. The van der Waals surface area contributed by atoms with Gasteiger partial charge in [-0.2, -0.15) is 5.10 Å². The predicted octanol–water partition coefficient (Wildman–Crippen LogP) is 4.44. The molecular formula is C27H28N6O2. The summed E-state index contributed by atoms with van der Waals surface area (Å²) < 4.78 is 4.35. The summed E-state index contributed by atoms with van der Waals surface area (Å²) in [5.74, 6) is 0.159. The molecule has 0 aliphatic heterocycles. The van der Waals surface area contributed by atoms with Gasteiger partial charge in [-0.15, -0.1) is 5.10 Å². The van der Waals surface area contributed by atoms with Gasteiger partial charge in [0.15, 0.2) is 5.65 Å². The lowest BCUT2D eigenvalue weighted by molar-refractivity contribution is -0.117. The molecule has 0 aliphatic carbocycles. The number of carbonyl (C=O) groups is 1. The molecule has 1 N–H and O–H groups in total. The van der Waals surface area contributed by atoms with Crippen molar-refractivity contribution in [3.05, 3.63) is 88.1 Å². The molecule has 0 bridgehead atoms. The molecule has 0 fully saturated rings. The Morgan fingerprint density at radius 1 is 1.06 bits per heavy atom. The molecule has 5 aromatic rings. The predicted molar refractivity (Wildman–Crippen MR) is 137 cm³/mol. The first kappa shape index (κ1) is 22.6. The van der Waals surface area contributed by atoms with Gasteiger partial charge in [0.1, 0.15) is 12.1 Å². The largest absolute Gasteiger partial charge is 0.350 e. The van der Waals surface area contributed by atoms with Gasteiger partial charge in [0.25, 0.3) is 0 Å². The highest BCUT2D eigenvalue weighted by molar-refractivity contribution is 5.92. The molecule has 0 atom stereocenters. The standard InChI is InChI=1S/C27H28N6O2/c1-5-19-8-6-7-18(4)25(19)28-24(34)16-33-27(35)31-13-14-32-23(26(31)30-33)15-22(29-32)21-11-9-20(10-12-21)17(2)3/h6-15,17H,5,16H2,1-4H3,(H,28,34). The Bertz CT molecular complexity index is 1610. The van der Waals surface area contributed by atoms with Crippen LogP contribution in [0.15, 0.2) is 65.7 Å². The van der Waals surface area contributed by atoms with E-state index in [9.17, 15) is 9.59 Å². The molecule has 0 spiro atoms. The van der Waals surface area contributed by atoms with Crippen LogP contribution in [-0.2, 0) is 17.8 Å². The zero-order valence-electron chi connectivity index (χ0n) is 20.3. The van der Waals surface area contributed by atoms with E-state index in [1.54, 1.807) is 16.9 Å². The minimum atomic E-state index is -0.373. The van der Waals surface area contributed by atoms with Crippen molar-refractivity contribution in [3.63, 3.8) is 0 Å². The third-order valence-electron chi connectivity index (χ3n) is 6.36. The van der Waals surface area contributed by atoms with Gasteiger partial charge in [-0.3, -0.25) is 4.79 Å². The molecule has 0 saturated heterocycles. The van der Waals surface area contributed by atoms with Crippen LogP contribution >= 0.6 is 0 Å². The molecule has 8 heteroatoms. The number of nitrogens with one attached hydrogen (secondary N) is 1. The third-order valence-corrected chi connectivity index (χ3v) is 6.36. The molecule has 8 nitrogen and oxygen atoms in total. The van der Waals surface area contributed by atoms with Gasteiger partial charge in [0, 0.05) is 23.6 Å². The second kappa shape index (κ2) is 8.87. The summed E-state index contributed by atoms with van der Waals surface area (Å²) in [5.41, 5.74) is 6.64. The zero-order chi connectivity index (χ0) is 24.7. The van der Waals surface area contributed by atoms with Gasteiger partial charge in [0.05, 0.1) is 5.69 Å². The summed E-state index contributed by atoms with van der Waals surface area (Å²) in [6.45, 7) is 8.14. The average Bonchev–Trinajstić information content (AvgIpc) is 3.42. The first-order valence-corrected chi connectivity index (χ1v) is 11.8. The Hall–Kier alpha value is -4.20. The number of fused-ring (bicyclic) bond motifs is 3. The lowest BCUT2D eigenvalue weighted by Crippen LogP contribution is -2.28. The Balaban J connectivity index is 1.47. The quantitative estimate of drug-likeness (QED) is 0.399. The second-order valence-electron chi connectivity index (χ2n) is 9.08. The number of aryl methyl sites for hydroxylation is 2. The van der Waals surface area contributed by atoms with Crippen LogP contribution in [-0.4, -0.2) is 29.7 Å². The van der Waals surface area contributed by atoms with Crippen molar-refractivity contribution in [2.45, 2.75) is 46.6 Å². The van der Waals surface area contributed by atoms with E-state index in [-0.39, 0.29) is 18.1 Å². The number of rotatable bonds is 6. The molecule has 3 aromatic heterocycles. The van der Waals surface area contributed by atoms with Crippen LogP contribution in [0.1, 0.15) is 43.4 Å². The molecule has 0 radical (unpaired) electrons. The highest BCUT2D eigenvalue weighted by Crippen LogP contribution is 2.24. The van der Waals surface area contributed by atoms with Crippen molar-refractivity contribution in [2.75, 3.05) is 5.32 Å². The van der Waals surface area contributed by atoms with Crippen LogP contribution < -0.4 is 11.0 Å². The van der Waals surface area contributed by atoms with Crippen LogP contribution in [0, 0.1) is 6.92 Å². The summed E-state index contributed by atoms with van der Waals surface area (Å²) in [5, 5.41) is 12.1. The average molecular weight is 469 g/mol. The SMILES string of the molecule is CCc1cccc(C)c1NC(=O)Cn1nc2c3cc(-c4ccc(C(C)C)cc4)nn3ccn2c1=O. The Morgan fingerprint density at radius 2 is 1.83 bits per heavy atom. The van der Waals surface area contributed by atoms with E-state index in [4.69, 9.17) is 0 Å². The van der Waals surface area contributed by atoms with Gasteiger partial charge in [-0.05, 0) is 42.0 Å². The van der Waals surface area contributed by atoms with Crippen molar-refractivity contribution < 1.29 is 4.79 Å². The minimum absolute atomic E-state index is 0.179. The van der Waals surface area contributed by atoms with Gasteiger partial charge in [-0.1, -0.05) is 63.2 Å². The number of amides is 1. The van der Waals surface area contributed by atoms with Crippen LogP contribution in [0.5, 0.6) is 0 Å². The molecule has 3 heterocycles. The summed E-state index contributed by atoms with van der Waals surface area (Å²) in [7, 11) is 0. The topological polar surface area (TPSA) is 85.7 Å². The van der Waals surface area contributed by atoms with Crippen molar-refractivity contribution in [2.24, 2.45) is 0 Å². The van der Waals surface area contributed by atoms with Gasteiger partial charge < -0.3 is 5.32 Å². The summed E-state index contributed by atoms with van der Waals surface area (Å²) >= 11 is 0. The number of carbonyl (C=O) groups excluding carboxylic acids is 1. The van der Waals surface area contributed by atoms with E-state index >= 15 is 0 Å². The van der Waals surface area contributed by atoms with Crippen LogP contribution in [0.4, 0.5) is 5.69 Å². The zero-order valence-corrected chi connectivity index (χ0v) is 20.3. The van der Waals surface area contributed by atoms with Gasteiger partial charge in [-0.25, -0.2) is 18.4 Å². The smallest absolute Gasteiger partial charge is 0.324 e. The number of aromatic nitrogens is 5. The van der Waals surface area contributed by atoms with Crippen molar-refractivity contribution in [3.8, 4) is 11.3 Å². The fourth-order valence-electron chi connectivity index (χ4n) is 4.33. The summed E-state index contributed by atoms with van der Waals surface area (Å²) in [4.78, 5) is 25.8. The van der Waals surface area contributed by atoms with E-state index in [0.717, 1.165) is 34.5 Å². The first-order chi connectivity index (χ1) is 16.9. The number of benzene rings is 2. The Kier molecular flexibility index (Phi) is 5.72. The minimum Gasteiger partial charge on any atom is -0.324 e. The maximum atomic E-state index is 13.0. The lowest BCUT2D eigenvalue weighted by Gasteiger charge is -2.12. The Morgan fingerprint density at radius 3 is 2.54 bits per heavy atom. The fraction of sp³-hybridized carbons (Fsp3) is 0.259. The molecule has 1 amide bonds. The number of anilines is 1. The van der Waals surface area contributed by atoms with Crippen LogP contribution in [0.3, 0.4) is 0 Å². The lowest BCUT2D eigenvalue weighted by atomic mass is 10.0. The summed E-state index contributed by atoms with van der Waals surface area (Å²) in [6.07, 6.45) is 4.15. The second-order valence-corrected chi connectivity index (χ2v) is 9.08. The monoisotopic (exact) mass is 468 g/mol. The van der Waals surface area contributed by atoms with E-state index in [1.807, 2.05) is 38.1 Å². The van der Waals surface area contributed by atoms with Crippen LogP contribution in [0.25, 0.3) is 22.4 Å². The van der Waals surface area contributed by atoms with E-state index in [1.165, 1.54) is 14.6 Å². The molecule has 0 saturated carbocycles. The van der Waals surface area contributed by atoms with E-state index in [2.05, 4.69) is 53.6 Å². The maximum Gasteiger partial charge on any atom is 0.350 e. The third kappa shape index (κ3) is 4.12. The highest BCUT2D eigenvalue weighted by Gasteiger charge is 2.16. The molecule has 5 rings (SSSR count). The Labute approximate surface area is 202 Å². The first-order valence-electron chi connectivity index (χ1n) is 11.8. The van der Waals surface area contributed by atoms with Gasteiger partial charge in [0.2, 0.25) is 5.91 Å². The van der Waals surface area contributed by atoms with Crippen molar-refractivity contribution in [1.29, 1.82) is 0 Å². The fourth-order valence-corrected chi connectivity index (χ4v) is 4.33. The van der Waals surface area contributed by atoms with E-state index < -0.39 is 0 Å².